The van der Waals surface area contributed by atoms with Crippen molar-refractivity contribution in [3.63, 3.8) is 0 Å². The lowest BCUT2D eigenvalue weighted by Crippen LogP contribution is -2.44. The fourth-order valence-corrected chi connectivity index (χ4v) is 4.73. The zero-order chi connectivity index (χ0) is 23.5. The Balaban J connectivity index is 2.09. The molecule has 0 unspecified atom stereocenters. The summed E-state index contributed by atoms with van der Waals surface area (Å²) in [6.45, 7) is 2.87. The molecule has 1 aliphatic rings. The van der Waals surface area contributed by atoms with E-state index in [2.05, 4.69) is 0 Å². The van der Waals surface area contributed by atoms with Crippen molar-refractivity contribution in [3.05, 3.63) is 63.6 Å². The lowest BCUT2D eigenvalue weighted by molar-refractivity contribution is -0.146. The smallest absolute Gasteiger partial charge is 0.314 e. The normalized spacial score (nSPS) is 16.1. The molecule has 0 saturated heterocycles. The number of aliphatic carboxylic acids is 1. The van der Waals surface area contributed by atoms with Gasteiger partial charge in [-0.15, -0.1) is 0 Å². The van der Waals surface area contributed by atoms with Crippen LogP contribution in [-0.4, -0.2) is 26.7 Å². The molecule has 1 fully saturated rings. The first-order valence-electron chi connectivity index (χ1n) is 9.95. The van der Waals surface area contributed by atoms with Crippen molar-refractivity contribution < 1.29 is 33.0 Å². The number of hydrogen-bond acceptors (Lipinski definition) is 3. The Hall–Kier alpha value is -3.00. The van der Waals surface area contributed by atoms with Gasteiger partial charge in [-0.3, -0.25) is 14.2 Å². The Bertz CT molecular complexity index is 1300. The molecule has 1 saturated carbocycles. The van der Waals surface area contributed by atoms with Gasteiger partial charge in [0.05, 0.1) is 16.0 Å². The molecule has 168 valence electrons. The molecule has 5 nitrogen and oxygen atoms in total. The maximum Gasteiger partial charge on any atom is 0.314 e. The molecule has 0 radical (unpaired) electrons. The van der Waals surface area contributed by atoms with E-state index < -0.39 is 40.5 Å². The summed E-state index contributed by atoms with van der Waals surface area (Å²) in [7, 11) is 0. The molecule has 4 rings (SSSR count). The molecule has 32 heavy (non-hydrogen) atoms. The van der Waals surface area contributed by atoms with E-state index in [-0.39, 0.29) is 38.7 Å². The topological polar surface area (TPSA) is 79.5 Å². The summed E-state index contributed by atoms with van der Waals surface area (Å²) in [5, 5.41) is 19.5. The summed E-state index contributed by atoms with van der Waals surface area (Å²) in [5.74, 6) is -7.16. The van der Waals surface area contributed by atoms with E-state index in [0.29, 0.717) is 12.8 Å². The maximum absolute atomic E-state index is 15.2. The van der Waals surface area contributed by atoms with Crippen molar-refractivity contribution in [3.8, 4) is 5.75 Å². The molecular formula is C23H19ClF3NO4. The Kier molecular flexibility index (Phi) is 5.24. The van der Waals surface area contributed by atoms with E-state index in [1.54, 1.807) is 0 Å². The molecule has 2 N–H and O–H groups in total. The number of carboxylic acid groups (broad SMARTS) is 1. The van der Waals surface area contributed by atoms with Gasteiger partial charge in [0.15, 0.2) is 17.4 Å². The maximum atomic E-state index is 15.2. The Morgan fingerprint density at radius 3 is 2.34 bits per heavy atom. The van der Waals surface area contributed by atoms with E-state index in [1.165, 1.54) is 26.0 Å². The van der Waals surface area contributed by atoms with E-state index in [0.717, 1.165) is 23.1 Å². The number of halogens is 4. The number of aromatic nitrogens is 1. The van der Waals surface area contributed by atoms with Gasteiger partial charge in [-0.25, -0.2) is 13.2 Å². The summed E-state index contributed by atoms with van der Waals surface area (Å²) in [6, 6.07) is 4.10. The van der Waals surface area contributed by atoms with Crippen LogP contribution < -0.4 is 0 Å². The number of hydrogen-bond donors (Lipinski definition) is 2. The van der Waals surface area contributed by atoms with Gasteiger partial charge in [0.25, 0.3) is 5.91 Å². The van der Waals surface area contributed by atoms with Crippen molar-refractivity contribution in [2.75, 3.05) is 0 Å². The van der Waals surface area contributed by atoms with Crippen LogP contribution in [0.25, 0.3) is 10.9 Å². The van der Waals surface area contributed by atoms with Gasteiger partial charge in [-0.2, -0.15) is 0 Å². The second-order valence-corrected chi connectivity index (χ2v) is 8.69. The fraction of sp³-hybridized carbons (Fsp3) is 0.304. The van der Waals surface area contributed by atoms with Crippen molar-refractivity contribution in [1.29, 1.82) is 0 Å². The average molecular weight is 466 g/mol. The monoisotopic (exact) mass is 465 g/mol. The highest BCUT2D eigenvalue weighted by molar-refractivity contribution is 6.30. The standard InChI is InChI=1S/C23H19ClF3NO4/c1-10-18(23(2,22(31)32)12-4-3-5-12)17-16(9-15(26)20(29)19(17)27)28(10)21(30)11-6-7-13(24)14(25)8-11/h6-9,12,29H,3-5H2,1-2H3,(H,31,32)/t23-/m1/s1. The van der Waals surface area contributed by atoms with Crippen molar-refractivity contribution in [1.82, 2.24) is 4.57 Å². The number of phenols is 1. The quantitative estimate of drug-likeness (QED) is 0.529. The molecule has 9 heteroatoms. The lowest BCUT2D eigenvalue weighted by atomic mass is 9.62. The molecule has 0 aliphatic heterocycles. The molecule has 1 atom stereocenters. The minimum Gasteiger partial charge on any atom is -0.503 e. The van der Waals surface area contributed by atoms with Crippen LogP contribution in [0.1, 0.15) is 47.8 Å². The number of carboxylic acids is 1. The van der Waals surface area contributed by atoms with Gasteiger partial charge in [-0.05, 0) is 50.8 Å². The highest BCUT2D eigenvalue weighted by Crippen LogP contribution is 2.49. The highest BCUT2D eigenvalue weighted by atomic mass is 35.5. The third kappa shape index (κ3) is 3.00. The molecule has 1 heterocycles. The molecule has 1 aromatic heterocycles. The van der Waals surface area contributed by atoms with Crippen molar-refractivity contribution in [2.45, 2.75) is 38.5 Å². The van der Waals surface area contributed by atoms with Crippen LogP contribution in [0.2, 0.25) is 5.02 Å². The average Bonchev–Trinajstić information content (AvgIpc) is 2.98. The number of carbonyl (C=O) groups is 2. The van der Waals surface area contributed by atoms with E-state index in [4.69, 9.17) is 11.6 Å². The highest BCUT2D eigenvalue weighted by Gasteiger charge is 2.49. The Morgan fingerprint density at radius 1 is 1.16 bits per heavy atom. The van der Waals surface area contributed by atoms with Gasteiger partial charge >= 0.3 is 5.97 Å². The molecule has 3 aromatic rings. The number of nitrogens with zero attached hydrogens (tertiary/aromatic N) is 1. The third-order valence-corrected chi connectivity index (χ3v) is 6.92. The Morgan fingerprint density at radius 2 is 1.81 bits per heavy atom. The first kappa shape index (κ1) is 22.2. The molecule has 0 amide bonds. The van der Waals surface area contributed by atoms with Gasteiger partial charge in [0, 0.05) is 28.3 Å². The van der Waals surface area contributed by atoms with Crippen molar-refractivity contribution in [2.24, 2.45) is 5.92 Å². The zero-order valence-electron chi connectivity index (χ0n) is 17.2. The summed E-state index contributed by atoms with van der Waals surface area (Å²) >= 11 is 5.69. The first-order valence-corrected chi connectivity index (χ1v) is 10.3. The number of carbonyl (C=O) groups excluding carboxylic acids is 1. The third-order valence-electron chi connectivity index (χ3n) is 6.62. The number of benzene rings is 2. The fourth-order valence-electron chi connectivity index (χ4n) is 4.61. The van der Waals surface area contributed by atoms with Gasteiger partial charge in [0.1, 0.15) is 5.82 Å². The number of fused-ring (bicyclic) bond motifs is 1. The van der Waals surface area contributed by atoms with E-state index in [9.17, 15) is 28.6 Å². The van der Waals surface area contributed by atoms with Crippen LogP contribution in [-0.2, 0) is 10.2 Å². The molecule has 1 aliphatic carbocycles. The predicted molar refractivity (Wildman–Crippen MR) is 112 cm³/mol. The van der Waals surface area contributed by atoms with Crippen LogP contribution in [0.4, 0.5) is 13.2 Å². The number of rotatable bonds is 4. The summed E-state index contributed by atoms with van der Waals surface area (Å²) < 4.78 is 44.4. The molecule has 0 bridgehead atoms. The Labute approximate surface area is 186 Å². The first-order chi connectivity index (χ1) is 15.0. The largest absolute Gasteiger partial charge is 0.503 e. The van der Waals surface area contributed by atoms with Gasteiger partial charge in [0.2, 0.25) is 0 Å². The zero-order valence-corrected chi connectivity index (χ0v) is 17.9. The number of phenolic OH excluding ortho intramolecular Hbond substituents is 1. The minimum atomic E-state index is -1.59. The molecular weight excluding hydrogens is 447 g/mol. The second-order valence-electron chi connectivity index (χ2n) is 8.28. The SMILES string of the molecule is Cc1c([C@](C)(C(=O)O)C2CCC2)c2c(F)c(O)c(F)cc2n1C(=O)c1ccc(Cl)c(F)c1. The van der Waals surface area contributed by atoms with Crippen LogP contribution in [0.5, 0.6) is 5.75 Å². The molecule has 2 aromatic carbocycles. The molecule has 0 spiro atoms. The van der Waals surface area contributed by atoms with E-state index in [1.807, 2.05) is 0 Å². The summed E-state index contributed by atoms with van der Waals surface area (Å²) in [4.78, 5) is 25.7. The van der Waals surface area contributed by atoms with Gasteiger partial charge in [-0.1, -0.05) is 18.0 Å². The van der Waals surface area contributed by atoms with Crippen molar-refractivity contribution >= 4 is 34.4 Å². The lowest BCUT2D eigenvalue weighted by Gasteiger charge is -2.40. The summed E-state index contributed by atoms with van der Waals surface area (Å²) in [6.07, 6.45) is 1.97. The van der Waals surface area contributed by atoms with Crippen LogP contribution in [0.3, 0.4) is 0 Å². The second kappa shape index (κ2) is 7.55. The predicted octanol–water partition coefficient (Wildman–Crippen LogP) is 5.56. The van der Waals surface area contributed by atoms with Gasteiger partial charge < -0.3 is 10.2 Å². The minimum absolute atomic E-state index is 0.0136. The van der Waals surface area contributed by atoms with Crippen LogP contribution >= 0.6 is 11.6 Å². The number of aromatic hydroxyl groups is 1. The van der Waals surface area contributed by atoms with Crippen LogP contribution in [0, 0.1) is 30.3 Å². The summed E-state index contributed by atoms with van der Waals surface area (Å²) in [5.41, 5.74) is -1.94. The van der Waals surface area contributed by atoms with E-state index >= 15 is 4.39 Å². The van der Waals surface area contributed by atoms with Crippen LogP contribution in [0.15, 0.2) is 24.3 Å².